The average molecular weight is 250 g/mol. The molecular weight excluding hydrogens is 228 g/mol. The molecule has 18 heavy (non-hydrogen) atoms. The number of amides is 1. The highest BCUT2D eigenvalue weighted by molar-refractivity contribution is 5.91. The van der Waals surface area contributed by atoms with Crippen LogP contribution in [0.1, 0.15) is 32.6 Å². The first-order valence-corrected chi connectivity index (χ1v) is 6.84. The second kappa shape index (κ2) is 6.54. The lowest BCUT2D eigenvalue weighted by molar-refractivity contribution is -0.120. The third-order valence-electron chi connectivity index (χ3n) is 3.36. The third kappa shape index (κ3) is 3.32. The SMILES string of the molecule is CCCCn1nccc1NC(=O)C1CCCNC1. The van der Waals surface area contributed by atoms with Gasteiger partial charge in [0.15, 0.2) is 0 Å². The number of rotatable bonds is 5. The molecule has 5 heteroatoms. The fraction of sp³-hybridized carbons (Fsp3) is 0.692. The first-order valence-electron chi connectivity index (χ1n) is 6.84. The molecule has 1 aromatic rings. The highest BCUT2D eigenvalue weighted by Gasteiger charge is 2.21. The minimum Gasteiger partial charge on any atom is -0.316 e. The quantitative estimate of drug-likeness (QED) is 0.835. The van der Waals surface area contributed by atoms with Gasteiger partial charge in [0.05, 0.1) is 12.1 Å². The molecule has 0 saturated carbocycles. The summed E-state index contributed by atoms with van der Waals surface area (Å²) < 4.78 is 1.87. The molecule has 100 valence electrons. The van der Waals surface area contributed by atoms with Gasteiger partial charge in [-0.3, -0.25) is 4.79 Å². The maximum absolute atomic E-state index is 12.1. The van der Waals surface area contributed by atoms with E-state index < -0.39 is 0 Å². The molecule has 1 aliphatic heterocycles. The number of carbonyl (C=O) groups excluding carboxylic acids is 1. The normalized spacial score (nSPS) is 19.7. The van der Waals surface area contributed by atoms with E-state index >= 15 is 0 Å². The number of aromatic nitrogens is 2. The van der Waals surface area contributed by atoms with Crippen LogP contribution in [0.4, 0.5) is 5.82 Å². The van der Waals surface area contributed by atoms with Gasteiger partial charge in [0, 0.05) is 19.2 Å². The maximum Gasteiger partial charge on any atom is 0.229 e. The van der Waals surface area contributed by atoms with Crippen molar-refractivity contribution in [3.05, 3.63) is 12.3 Å². The number of nitrogens with zero attached hydrogens (tertiary/aromatic N) is 2. The van der Waals surface area contributed by atoms with Crippen LogP contribution >= 0.6 is 0 Å². The molecular formula is C13H22N4O. The van der Waals surface area contributed by atoms with E-state index in [1.807, 2.05) is 10.7 Å². The van der Waals surface area contributed by atoms with Crippen LogP contribution in [0.2, 0.25) is 0 Å². The van der Waals surface area contributed by atoms with Gasteiger partial charge in [0.2, 0.25) is 5.91 Å². The van der Waals surface area contributed by atoms with E-state index in [2.05, 4.69) is 22.7 Å². The Morgan fingerprint density at radius 1 is 1.67 bits per heavy atom. The summed E-state index contributed by atoms with van der Waals surface area (Å²) in [6, 6.07) is 1.86. The topological polar surface area (TPSA) is 59.0 Å². The Labute approximate surface area is 108 Å². The fourth-order valence-electron chi connectivity index (χ4n) is 2.23. The van der Waals surface area contributed by atoms with Crippen molar-refractivity contribution in [3.8, 4) is 0 Å². The summed E-state index contributed by atoms with van der Waals surface area (Å²) in [5.41, 5.74) is 0. The van der Waals surface area contributed by atoms with Crippen molar-refractivity contribution in [3.63, 3.8) is 0 Å². The lowest BCUT2D eigenvalue weighted by atomic mass is 9.99. The standard InChI is InChI=1S/C13H22N4O/c1-2-3-9-17-12(6-8-15-17)16-13(18)11-5-4-7-14-10-11/h6,8,11,14H,2-5,7,9-10H2,1H3,(H,16,18). The van der Waals surface area contributed by atoms with Crippen LogP contribution in [0.3, 0.4) is 0 Å². The molecule has 1 fully saturated rings. The number of carbonyl (C=O) groups is 1. The molecule has 1 saturated heterocycles. The maximum atomic E-state index is 12.1. The molecule has 1 atom stereocenters. The van der Waals surface area contributed by atoms with Gasteiger partial charge in [-0.1, -0.05) is 13.3 Å². The van der Waals surface area contributed by atoms with E-state index in [1.165, 1.54) is 0 Å². The van der Waals surface area contributed by atoms with Gasteiger partial charge in [-0.15, -0.1) is 0 Å². The van der Waals surface area contributed by atoms with Crippen molar-refractivity contribution in [2.75, 3.05) is 18.4 Å². The van der Waals surface area contributed by atoms with E-state index in [-0.39, 0.29) is 11.8 Å². The van der Waals surface area contributed by atoms with Crippen LogP contribution in [0.15, 0.2) is 12.3 Å². The monoisotopic (exact) mass is 250 g/mol. The first kappa shape index (κ1) is 13.1. The van der Waals surface area contributed by atoms with Gasteiger partial charge in [-0.25, -0.2) is 4.68 Å². The predicted molar refractivity (Wildman–Crippen MR) is 71.4 cm³/mol. The van der Waals surface area contributed by atoms with Crippen LogP contribution in [0.25, 0.3) is 0 Å². The van der Waals surface area contributed by atoms with Gasteiger partial charge in [0.25, 0.3) is 0 Å². The summed E-state index contributed by atoms with van der Waals surface area (Å²) in [5.74, 6) is 1.02. The van der Waals surface area contributed by atoms with Crippen molar-refractivity contribution in [2.24, 2.45) is 5.92 Å². The largest absolute Gasteiger partial charge is 0.316 e. The number of hydrogen-bond donors (Lipinski definition) is 2. The van der Waals surface area contributed by atoms with Crippen molar-refractivity contribution < 1.29 is 4.79 Å². The molecule has 2 heterocycles. The fourth-order valence-corrected chi connectivity index (χ4v) is 2.23. The number of hydrogen-bond acceptors (Lipinski definition) is 3. The Morgan fingerprint density at radius 2 is 2.56 bits per heavy atom. The summed E-state index contributed by atoms with van der Waals surface area (Å²) in [4.78, 5) is 12.1. The molecule has 2 N–H and O–H groups in total. The van der Waals surface area contributed by atoms with Gasteiger partial charge in [0.1, 0.15) is 5.82 Å². The van der Waals surface area contributed by atoms with Gasteiger partial charge >= 0.3 is 0 Å². The minimum atomic E-state index is 0.0910. The number of aryl methyl sites for hydroxylation is 1. The summed E-state index contributed by atoms with van der Waals surface area (Å²) in [6.07, 6.45) is 5.99. The zero-order chi connectivity index (χ0) is 12.8. The van der Waals surface area contributed by atoms with Crippen molar-refractivity contribution >= 4 is 11.7 Å². The highest BCUT2D eigenvalue weighted by Crippen LogP contribution is 2.14. The van der Waals surface area contributed by atoms with E-state index in [1.54, 1.807) is 6.20 Å². The summed E-state index contributed by atoms with van der Waals surface area (Å²) >= 11 is 0. The molecule has 0 spiro atoms. The molecule has 5 nitrogen and oxygen atoms in total. The van der Waals surface area contributed by atoms with Crippen LogP contribution in [-0.4, -0.2) is 28.8 Å². The molecule has 1 amide bonds. The lowest BCUT2D eigenvalue weighted by Crippen LogP contribution is -2.37. The van der Waals surface area contributed by atoms with E-state index in [0.717, 1.165) is 51.1 Å². The molecule has 1 unspecified atom stereocenters. The number of piperidine rings is 1. The van der Waals surface area contributed by atoms with Crippen molar-refractivity contribution in [1.82, 2.24) is 15.1 Å². The molecule has 0 aromatic carbocycles. The average Bonchev–Trinajstić information content (AvgIpc) is 2.84. The Hall–Kier alpha value is -1.36. The Morgan fingerprint density at radius 3 is 3.28 bits per heavy atom. The minimum absolute atomic E-state index is 0.0910. The Balaban J connectivity index is 1.91. The molecule has 1 aliphatic rings. The predicted octanol–water partition coefficient (Wildman–Crippen LogP) is 1.62. The van der Waals surface area contributed by atoms with Crippen LogP contribution in [0, 0.1) is 5.92 Å². The summed E-state index contributed by atoms with van der Waals surface area (Å²) in [6.45, 7) is 4.82. The van der Waals surface area contributed by atoms with Gasteiger partial charge in [-0.2, -0.15) is 5.10 Å². The molecule has 1 aromatic heterocycles. The zero-order valence-electron chi connectivity index (χ0n) is 11.0. The van der Waals surface area contributed by atoms with Crippen LogP contribution in [0.5, 0.6) is 0 Å². The zero-order valence-corrected chi connectivity index (χ0v) is 11.0. The van der Waals surface area contributed by atoms with Crippen LogP contribution in [-0.2, 0) is 11.3 Å². The van der Waals surface area contributed by atoms with E-state index in [0.29, 0.717) is 0 Å². The van der Waals surface area contributed by atoms with E-state index in [4.69, 9.17) is 0 Å². The summed E-state index contributed by atoms with van der Waals surface area (Å²) in [7, 11) is 0. The van der Waals surface area contributed by atoms with Crippen LogP contribution < -0.4 is 10.6 Å². The summed E-state index contributed by atoms with van der Waals surface area (Å²) in [5, 5.41) is 10.5. The van der Waals surface area contributed by atoms with Gasteiger partial charge < -0.3 is 10.6 Å². The number of unbranched alkanes of at least 4 members (excludes halogenated alkanes) is 1. The number of anilines is 1. The lowest BCUT2D eigenvalue weighted by Gasteiger charge is -2.22. The third-order valence-corrected chi connectivity index (χ3v) is 3.36. The smallest absolute Gasteiger partial charge is 0.229 e. The Bertz CT molecular complexity index is 382. The van der Waals surface area contributed by atoms with Crippen molar-refractivity contribution in [2.45, 2.75) is 39.2 Å². The molecule has 0 bridgehead atoms. The molecule has 0 radical (unpaired) electrons. The van der Waals surface area contributed by atoms with E-state index in [9.17, 15) is 4.79 Å². The second-order valence-electron chi connectivity index (χ2n) is 4.83. The first-order chi connectivity index (χ1) is 8.81. The Kier molecular flexibility index (Phi) is 4.75. The molecule has 2 rings (SSSR count). The van der Waals surface area contributed by atoms with Gasteiger partial charge in [-0.05, 0) is 25.8 Å². The molecule has 0 aliphatic carbocycles. The number of nitrogens with one attached hydrogen (secondary N) is 2. The highest BCUT2D eigenvalue weighted by atomic mass is 16.2. The van der Waals surface area contributed by atoms with Crippen molar-refractivity contribution in [1.29, 1.82) is 0 Å². The second-order valence-corrected chi connectivity index (χ2v) is 4.83.